The molecule has 2 aromatic rings. The van der Waals surface area contributed by atoms with Gasteiger partial charge in [0.15, 0.2) is 0 Å². The number of carbonyl (C=O) groups excluding carboxylic acids is 1. The van der Waals surface area contributed by atoms with Crippen LogP contribution in [0.15, 0.2) is 46.4 Å². The van der Waals surface area contributed by atoms with E-state index < -0.39 is 22.5 Å². The van der Waals surface area contributed by atoms with Crippen LogP contribution < -0.4 is 5.43 Å². The van der Waals surface area contributed by atoms with Crippen LogP contribution in [0.25, 0.3) is 0 Å². The lowest BCUT2D eigenvalue weighted by molar-refractivity contribution is -0.121. The Labute approximate surface area is 176 Å². The highest BCUT2D eigenvalue weighted by Crippen LogP contribution is 2.27. The van der Waals surface area contributed by atoms with Gasteiger partial charge >= 0.3 is 0 Å². The molecule has 0 aliphatic heterocycles. The molecule has 144 valence electrons. The number of nitrogens with zero attached hydrogens (tertiary/aromatic N) is 2. The summed E-state index contributed by atoms with van der Waals surface area (Å²) in [4.78, 5) is 11.8. The van der Waals surface area contributed by atoms with Crippen molar-refractivity contribution >= 4 is 68.5 Å². The van der Waals surface area contributed by atoms with E-state index in [-0.39, 0.29) is 14.9 Å². The van der Waals surface area contributed by atoms with Crippen molar-refractivity contribution in [3.05, 3.63) is 62.1 Å². The summed E-state index contributed by atoms with van der Waals surface area (Å²) in [7, 11) is -2.78. The van der Waals surface area contributed by atoms with Gasteiger partial charge in [-0.15, -0.1) is 0 Å². The molecule has 2 aromatic carbocycles. The van der Waals surface area contributed by atoms with Crippen LogP contribution in [0.3, 0.4) is 0 Å². The van der Waals surface area contributed by atoms with Crippen molar-refractivity contribution in [2.24, 2.45) is 5.10 Å². The third kappa shape index (κ3) is 5.57. The highest BCUT2D eigenvalue weighted by molar-refractivity contribution is 7.89. The number of likely N-dealkylation sites (N-methyl/N-ethyl adjacent to an activating group) is 1. The first-order valence-corrected chi connectivity index (χ1v) is 10.3. The summed E-state index contributed by atoms with van der Waals surface area (Å²) in [6, 6.07) is 8.94. The molecule has 0 atom stereocenters. The minimum Gasteiger partial charge on any atom is -0.272 e. The second-order valence-corrected chi connectivity index (χ2v) is 8.94. The van der Waals surface area contributed by atoms with E-state index in [0.29, 0.717) is 15.6 Å². The first-order valence-electron chi connectivity index (χ1n) is 7.30. The Bertz CT molecular complexity index is 976. The van der Waals surface area contributed by atoms with E-state index in [1.807, 2.05) is 0 Å². The van der Waals surface area contributed by atoms with Gasteiger partial charge in [0, 0.05) is 17.6 Å². The number of nitrogens with one attached hydrogen (secondary N) is 1. The average molecular weight is 469 g/mol. The molecular formula is C16H13Cl4N3O3S. The molecule has 27 heavy (non-hydrogen) atoms. The van der Waals surface area contributed by atoms with Crippen molar-refractivity contribution in [2.45, 2.75) is 4.90 Å². The lowest BCUT2D eigenvalue weighted by Crippen LogP contribution is -2.36. The zero-order valence-electron chi connectivity index (χ0n) is 13.8. The number of hydrogen-bond acceptors (Lipinski definition) is 4. The number of halogens is 4. The fraction of sp³-hybridized carbons (Fsp3) is 0.125. The molecule has 1 amide bonds. The van der Waals surface area contributed by atoms with Gasteiger partial charge in [-0.3, -0.25) is 4.79 Å². The molecule has 0 heterocycles. The van der Waals surface area contributed by atoms with Crippen LogP contribution in [-0.4, -0.2) is 38.4 Å². The summed E-state index contributed by atoms with van der Waals surface area (Å²) in [5.41, 5.74) is 2.64. The van der Waals surface area contributed by atoms with E-state index in [1.165, 1.54) is 31.5 Å². The van der Waals surface area contributed by atoms with Crippen LogP contribution in [0.2, 0.25) is 20.1 Å². The minimum absolute atomic E-state index is 0.00181. The maximum atomic E-state index is 12.6. The summed E-state index contributed by atoms with van der Waals surface area (Å²) in [6.45, 7) is -0.487. The fourth-order valence-corrected chi connectivity index (χ4v) is 4.32. The SMILES string of the molecule is CN(CC(=O)N/N=C\c1c(Cl)cccc1Cl)S(=O)(=O)c1cc(Cl)ccc1Cl. The number of hydrazone groups is 1. The van der Waals surface area contributed by atoms with Crippen LogP contribution in [0.1, 0.15) is 5.56 Å². The Morgan fingerprint density at radius 3 is 2.37 bits per heavy atom. The van der Waals surface area contributed by atoms with Gasteiger partial charge in [-0.2, -0.15) is 9.41 Å². The van der Waals surface area contributed by atoms with E-state index in [9.17, 15) is 13.2 Å². The lowest BCUT2D eigenvalue weighted by Gasteiger charge is -2.17. The molecule has 0 spiro atoms. The van der Waals surface area contributed by atoms with Crippen LogP contribution in [0.4, 0.5) is 0 Å². The van der Waals surface area contributed by atoms with E-state index in [4.69, 9.17) is 46.4 Å². The van der Waals surface area contributed by atoms with Crippen LogP contribution in [0.5, 0.6) is 0 Å². The Morgan fingerprint density at radius 1 is 1.11 bits per heavy atom. The largest absolute Gasteiger partial charge is 0.272 e. The standard InChI is InChI=1S/C16H13Cl4N3O3S/c1-23(27(25,26)15-7-10(17)5-6-14(15)20)9-16(24)22-21-8-11-12(18)3-2-4-13(11)19/h2-8H,9H2,1H3,(H,22,24)/b21-8-. The molecule has 0 radical (unpaired) electrons. The predicted molar refractivity (Wildman–Crippen MR) is 108 cm³/mol. The van der Waals surface area contributed by atoms with E-state index in [0.717, 1.165) is 4.31 Å². The molecular weight excluding hydrogens is 456 g/mol. The number of amides is 1. The van der Waals surface area contributed by atoms with Crippen molar-refractivity contribution in [1.82, 2.24) is 9.73 Å². The zero-order chi connectivity index (χ0) is 20.2. The highest BCUT2D eigenvalue weighted by atomic mass is 35.5. The smallest absolute Gasteiger partial charge is 0.255 e. The number of carbonyl (C=O) groups is 1. The van der Waals surface area contributed by atoms with Crippen molar-refractivity contribution in [2.75, 3.05) is 13.6 Å². The van der Waals surface area contributed by atoms with Gasteiger partial charge in [-0.05, 0) is 30.3 Å². The van der Waals surface area contributed by atoms with Crippen molar-refractivity contribution in [3.8, 4) is 0 Å². The quantitative estimate of drug-likeness (QED) is 0.512. The first-order chi connectivity index (χ1) is 12.6. The van der Waals surface area contributed by atoms with Crippen LogP contribution in [-0.2, 0) is 14.8 Å². The van der Waals surface area contributed by atoms with Gasteiger partial charge in [0.25, 0.3) is 5.91 Å². The third-order valence-corrected chi connectivity index (χ3v) is 6.51. The van der Waals surface area contributed by atoms with Crippen LogP contribution >= 0.6 is 46.4 Å². The molecule has 11 heteroatoms. The monoisotopic (exact) mass is 467 g/mol. The van der Waals surface area contributed by atoms with Crippen molar-refractivity contribution in [1.29, 1.82) is 0 Å². The molecule has 0 bridgehead atoms. The molecule has 1 N–H and O–H groups in total. The van der Waals surface area contributed by atoms with E-state index in [1.54, 1.807) is 18.2 Å². The Kier molecular flexibility index (Phi) is 7.50. The van der Waals surface area contributed by atoms with Gasteiger partial charge in [0.1, 0.15) is 4.90 Å². The molecule has 0 aromatic heterocycles. The lowest BCUT2D eigenvalue weighted by atomic mass is 10.2. The maximum absolute atomic E-state index is 12.6. The summed E-state index contributed by atoms with van der Waals surface area (Å²) >= 11 is 23.7. The van der Waals surface area contributed by atoms with Crippen LogP contribution in [0, 0.1) is 0 Å². The van der Waals surface area contributed by atoms with Gasteiger partial charge in [-0.25, -0.2) is 13.8 Å². The number of rotatable bonds is 6. The Balaban J connectivity index is 2.07. The average Bonchev–Trinajstić information content (AvgIpc) is 2.59. The van der Waals surface area contributed by atoms with Crippen molar-refractivity contribution in [3.63, 3.8) is 0 Å². The molecule has 0 saturated heterocycles. The molecule has 0 saturated carbocycles. The molecule has 0 aliphatic rings. The Hall–Kier alpha value is -1.35. The summed E-state index contributed by atoms with van der Waals surface area (Å²) in [5, 5.41) is 4.66. The molecule has 0 unspecified atom stereocenters. The second-order valence-electron chi connectivity index (χ2n) is 5.26. The summed E-state index contributed by atoms with van der Waals surface area (Å²) < 4.78 is 25.9. The van der Waals surface area contributed by atoms with E-state index in [2.05, 4.69) is 10.5 Å². The van der Waals surface area contributed by atoms with Crippen molar-refractivity contribution < 1.29 is 13.2 Å². The van der Waals surface area contributed by atoms with Gasteiger partial charge in [0.05, 0.1) is 27.8 Å². The van der Waals surface area contributed by atoms with Gasteiger partial charge < -0.3 is 0 Å². The molecule has 2 rings (SSSR count). The fourth-order valence-electron chi connectivity index (χ4n) is 1.97. The summed E-state index contributed by atoms with van der Waals surface area (Å²) in [6.07, 6.45) is 1.27. The summed E-state index contributed by atoms with van der Waals surface area (Å²) in [5.74, 6) is -0.668. The number of hydrogen-bond donors (Lipinski definition) is 1. The highest BCUT2D eigenvalue weighted by Gasteiger charge is 2.25. The third-order valence-electron chi connectivity index (χ3n) is 3.33. The maximum Gasteiger partial charge on any atom is 0.255 e. The number of benzene rings is 2. The molecule has 6 nitrogen and oxygen atoms in total. The second kappa shape index (κ2) is 9.23. The van der Waals surface area contributed by atoms with Gasteiger partial charge in [0.2, 0.25) is 10.0 Å². The number of sulfonamides is 1. The van der Waals surface area contributed by atoms with Gasteiger partial charge in [-0.1, -0.05) is 52.5 Å². The molecule has 0 aliphatic carbocycles. The Morgan fingerprint density at radius 2 is 1.74 bits per heavy atom. The van der Waals surface area contributed by atoms with E-state index >= 15 is 0 Å². The topological polar surface area (TPSA) is 78.8 Å². The predicted octanol–water partition coefficient (Wildman–Crippen LogP) is 4.07. The molecule has 0 fully saturated rings. The first kappa shape index (κ1) is 21.9. The normalized spacial score (nSPS) is 11.9. The minimum atomic E-state index is -4.02. The zero-order valence-corrected chi connectivity index (χ0v) is 17.6.